The van der Waals surface area contributed by atoms with Gasteiger partial charge in [0.25, 0.3) is 0 Å². The van der Waals surface area contributed by atoms with Crippen molar-refractivity contribution in [3.05, 3.63) is 232 Å². The van der Waals surface area contributed by atoms with Gasteiger partial charge in [0.05, 0.1) is 0 Å². The van der Waals surface area contributed by atoms with E-state index < -0.39 is 0 Å². The molecule has 0 spiro atoms. The Labute approximate surface area is 367 Å². The smallest absolute Gasteiger partial charge is 0.358 e. The number of fused-ring (bicyclic) bond motifs is 4. The van der Waals surface area contributed by atoms with E-state index in [-0.39, 0.29) is 40.7 Å². The van der Waals surface area contributed by atoms with Crippen molar-refractivity contribution in [2.24, 2.45) is 0 Å². The molecule has 58 heavy (non-hydrogen) atoms. The van der Waals surface area contributed by atoms with Crippen molar-refractivity contribution in [2.75, 3.05) is 0 Å². The Hall–Kier alpha value is -5.41. The standard InChI is InChI=1S/2C21H17.C12H10Si.2CH3.Hf/c2*1-2-15-13-17-9-6-12-20(21(17)14-15)19-11-5-8-16-7-3-4-10-18(16)19;1-3-7-11(8-4-1)13-12-9-5-2-6-10-12;;;/h2*3-14H,2H2,1H3;1-10H;2*1H3;/q2*-1;;2*-1;+4. The van der Waals surface area contributed by atoms with Gasteiger partial charge in [-0.25, -0.2) is 0 Å². The van der Waals surface area contributed by atoms with Gasteiger partial charge in [-0.05, 0) is 45.5 Å². The fourth-order valence-corrected chi connectivity index (χ4v) is 8.65. The minimum Gasteiger partial charge on any atom is -0.358 e. The SMILES string of the molecule is CCc1cc2c(-c3cccc4ccccc34)cccc2[cH-]1.CCc1cc2c(-c3cccc4ccccc34)cccc2[cH-]1.[CH3-].[CH3-].[Hf+4].c1ccc([Si]c2ccccc2)cc1. The molecule has 0 N–H and O–H groups in total. The van der Waals surface area contributed by atoms with Crippen molar-refractivity contribution in [1.29, 1.82) is 0 Å². The second-order valence-corrected chi connectivity index (χ2v) is 15.4. The summed E-state index contributed by atoms with van der Waals surface area (Å²) in [5, 5.41) is 13.5. The van der Waals surface area contributed by atoms with E-state index in [0.717, 1.165) is 22.4 Å². The predicted octanol–water partition coefficient (Wildman–Crippen LogP) is 14.1. The zero-order valence-electron chi connectivity index (χ0n) is 34.0. The van der Waals surface area contributed by atoms with Gasteiger partial charge in [0.1, 0.15) is 9.52 Å². The molecule has 2 radical (unpaired) electrons. The Balaban J connectivity index is 0.000000166. The van der Waals surface area contributed by atoms with Crippen molar-refractivity contribution >= 4 is 63.0 Å². The Bertz CT molecular complexity index is 2600. The molecule has 10 aromatic rings. The summed E-state index contributed by atoms with van der Waals surface area (Å²) < 4.78 is 0. The first-order valence-electron chi connectivity index (χ1n) is 19.4. The van der Waals surface area contributed by atoms with Crippen molar-refractivity contribution in [3.63, 3.8) is 0 Å². The van der Waals surface area contributed by atoms with Crippen LogP contribution in [0.2, 0.25) is 0 Å². The van der Waals surface area contributed by atoms with Crippen LogP contribution in [-0.4, -0.2) is 9.52 Å². The molecule has 0 saturated heterocycles. The fraction of sp³-hybridized carbons (Fsp3) is 0.0714. The van der Waals surface area contributed by atoms with Gasteiger partial charge >= 0.3 is 25.8 Å². The molecule has 10 rings (SSSR count). The monoisotopic (exact) mass is 930 g/mol. The van der Waals surface area contributed by atoms with E-state index >= 15 is 0 Å². The van der Waals surface area contributed by atoms with E-state index in [9.17, 15) is 0 Å². The molecule has 0 unspecified atom stereocenters. The Kier molecular flexibility index (Phi) is 15.7. The molecule has 0 amide bonds. The van der Waals surface area contributed by atoms with Crippen LogP contribution in [0, 0.1) is 14.9 Å². The second kappa shape index (κ2) is 20.8. The average molecular weight is 930 g/mol. The number of hydrogen-bond donors (Lipinski definition) is 0. The molecule has 0 saturated carbocycles. The van der Waals surface area contributed by atoms with E-state index in [4.69, 9.17) is 0 Å². The maximum atomic E-state index is 2.34. The van der Waals surface area contributed by atoms with Gasteiger partial charge in [-0.15, -0.1) is 69.1 Å². The van der Waals surface area contributed by atoms with Crippen LogP contribution in [0.15, 0.2) is 206 Å². The molecule has 0 aliphatic rings. The van der Waals surface area contributed by atoms with E-state index in [1.807, 2.05) is 0 Å². The molecule has 0 aliphatic carbocycles. The fourth-order valence-electron chi connectivity index (χ4n) is 7.60. The summed E-state index contributed by atoms with van der Waals surface area (Å²) in [5.41, 5.74) is 8.15. The van der Waals surface area contributed by atoms with E-state index in [1.165, 1.54) is 86.8 Å². The topological polar surface area (TPSA) is 0 Å². The molecule has 0 bridgehead atoms. The molecule has 0 heterocycles. The second-order valence-electron chi connectivity index (χ2n) is 14.0. The molecule has 2 heteroatoms. The van der Waals surface area contributed by atoms with Crippen molar-refractivity contribution in [1.82, 2.24) is 0 Å². The first-order valence-corrected chi connectivity index (χ1v) is 20.4. The van der Waals surface area contributed by atoms with Crippen molar-refractivity contribution < 1.29 is 25.8 Å². The third-order valence-electron chi connectivity index (χ3n) is 10.4. The first kappa shape index (κ1) is 43.7. The Morgan fingerprint density at radius 3 is 1.09 bits per heavy atom. The van der Waals surface area contributed by atoms with Gasteiger partial charge < -0.3 is 14.9 Å². The molecule has 0 aromatic heterocycles. The van der Waals surface area contributed by atoms with E-state index in [1.54, 1.807) is 0 Å². The first-order chi connectivity index (χ1) is 27.2. The third-order valence-corrected chi connectivity index (χ3v) is 11.7. The van der Waals surface area contributed by atoms with Gasteiger partial charge in [-0.3, -0.25) is 0 Å². The quantitative estimate of drug-likeness (QED) is 0.115. The summed E-state index contributed by atoms with van der Waals surface area (Å²) in [6, 6.07) is 74.1. The van der Waals surface area contributed by atoms with Crippen LogP contribution in [0.4, 0.5) is 0 Å². The molecule has 0 atom stereocenters. The van der Waals surface area contributed by atoms with Gasteiger partial charge in [0, 0.05) is 0 Å². The van der Waals surface area contributed by atoms with Crippen LogP contribution in [0.3, 0.4) is 0 Å². The van der Waals surface area contributed by atoms with E-state index in [2.05, 4.69) is 220 Å². The third kappa shape index (κ3) is 9.81. The van der Waals surface area contributed by atoms with Crippen LogP contribution in [-0.2, 0) is 38.7 Å². The maximum Gasteiger partial charge on any atom is 4.00 e. The van der Waals surface area contributed by atoms with Crippen LogP contribution in [0.5, 0.6) is 0 Å². The summed E-state index contributed by atoms with van der Waals surface area (Å²) in [4.78, 5) is 0. The summed E-state index contributed by atoms with van der Waals surface area (Å²) in [6.07, 6.45) is 2.17. The van der Waals surface area contributed by atoms with Crippen molar-refractivity contribution in [3.8, 4) is 22.3 Å². The van der Waals surface area contributed by atoms with Crippen LogP contribution < -0.4 is 10.4 Å². The largest absolute Gasteiger partial charge is 4.00 e. The van der Waals surface area contributed by atoms with Crippen LogP contribution >= 0.6 is 0 Å². The van der Waals surface area contributed by atoms with Crippen molar-refractivity contribution in [2.45, 2.75) is 26.7 Å². The summed E-state index contributed by atoms with van der Waals surface area (Å²) in [5.74, 6) is 0. The minimum atomic E-state index is 0. The normalized spacial score (nSPS) is 10.4. The van der Waals surface area contributed by atoms with Gasteiger partial charge in [0.2, 0.25) is 0 Å². The van der Waals surface area contributed by atoms with E-state index in [0.29, 0.717) is 0 Å². The van der Waals surface area contributed by atoms with Crippen LogP contribution in [0.25, 0.3) is 65.3 Å². The van der Waals surface area contributed by atoms with Crippen LogP contribution in [0.1, 0.15) is 25.0 Å². The van der Waals surface area contributed by atoms with Gasteiger partial charge in [0.15, 0.2) is 0 Å². The Morgan fingerprint density at radius 2 is 0.690 bits per heavy atom. The van der Waals surface area contributed by atoms with Gasteiger partial charge in [-0.2, -0.15) is 12.1 Å². The molecular formula is C56H50HfSi. The summed E-state index contributed by atoms with van der Waals surface area (Å²) in [6.45, 7) is 4.43. The number of rotatable bonds is 6. The van der Waals surface area contributed by atoms with Gasteiger partial charge in [-0.1, -0.05) is 193 Å². The molecule has 282 valence electrons. The average Bonchev–Trinajstić information content (AvgIpc) is 3.89. The zero-order chi connectivity index (χ0) is 37.4. The zero-order valence-corrected chi connectivity index (χ0v) is 38.6. The maximum absolute atomic E-state index is 2.34. The number of hydrogen-bond acceptors (Lipinski definition) is 0. The molecular weight excluding hydrogens is 879 g/mol. The number of aryl methyl sites for hydroxylation is 2. The Morgan fingerprint density at radius 1 is 0.362 bits per heavy atom. The molecule has 0 fully saturated rings. The summed E-state index contributed by atoms with van der Waals surface area (Å²) >= 11 is 0. The number of benzene rings is 8. The minimum absolute atomic E-state index is 0. The molecule has 10 aromatic carbocycles. The molecule has 0 aliphatic heterocycles. The summed E-state index contributed by atoms with van der Waals surface area (Å²) in [7, 11) is 0.777. The molecule has 0 nitrogen and oxygen atoms in total. The predicted molar refractivity (Wildman–Crippen MR) is 254 cm³/mol.